The number of urea groups is 1. The van der Waals surface area contributed by atoms with Crippen LogP contribution in [0.4, 0.5) is 4.79 Å². The van der Waals surface area contributed by atoms with Crippen molar-refractivity contribution in [3.05, 3.63) is 89.7 Å². The summed E-state index contributed by atoms with van der Waals surface area (Å²) in [6.07, 6.45) is 2.68. The fourth-order valence-corrected chi connectivity index (χ4v) is 4.13. The first-order valence-electron chi connectivity index (χ1n) is 12.4. The maximum Gasteiger partial charge on any atom is 0.319 e. The molecule has 0 radical (unpaired) electrons. The molecule has 0 saturated carbocycles. The van der Waals surface area contributed by atoms with Crippen molar-refractivity contribution in [3.63, 3.8) is 0 Å². The van der Waals surface area contributed by atoms with Gasteiger partial charge in [-0.15, -0.1) is 0 Å². The molecule has 0 aliphatic rings. The minimum absolute atomic E-state index is 0.00412. The second kappa shape index (κ2) is 14.1. The topological polar surface area (TPSA) is 67.2 Å². The Labute approximate surface area is 220 Å². The van der Waals surface area contributed by atoms with E-state index in [2.05, 4.69) is 10.6 Å². The van der Waals surface area contributed by atoms with Crippen LogP contribution < -0.4 is 4.74 Å². The lowest BCUT2D eigenvalue weighted by Gasteiger charge is -2.30. The molecule has 0 fully saturated rings. The largest absolute Gasteiger partial charge is 0.497 e. The van der Waals surface area contributed by atoms with Gasteiger partial charge in [-0.1, -0.05) is 42.5 Å². The van der Waals surface area contributed by atoms with Gasteiger partial charge in [0.1, 0.15) is 12.3 Å². The molecule has 0 spiro atoms. The maximum absolute atomic E-state index is 13.7. The van der Waals surface area contributed by atoms with Crippen LogP contribution in [0.3, 0.4) is 0 Å². The highest BCUT2D eigenvalue weighted by molar-refractivity contribution is 5.84. The summed E-state index contributed by atoms with van der Waals surface area (Å²) in [5, 5.41) is 0. The van der Waals surface area contributed by atoms with Crippen LogP contribution in [0.1, 0.15) is 23.2 Å². The SMILES string of the molecule is COCCCN(CC(=O)N(Cc1ccccc1)Cc1cccn1Cc1cccc(OC)c1)C(=O)N(C)C. The van der Waals surface area contributed by atoms with E-state index in [0.29, 0.717) is 39.2 Å². The number of nitrogens with zero attached hydrogens (tertiary/aromatic N) is 4. The quantitative estimate of drug-likeness (QED) is 0.328. The summed E-state index contributed by atoms with van der Waals surface area (Å²) in [6.45, 7) is 2.51. The molecule has 0 saturated heterocycles. The zero-order valence-electron chi connectivity index (χ0n) is 22.3. The van der Waals surface area contributed by atoms with Crippen molar-refractivity contribution in [2.75, 3.05) is 48.0 Å². The zero-order valence-corrected chi connectivity index (χ0v) is 22.3. The van der Waals surface area contributed by atoms with E-state index in [0.717, 1.165) is 22.6 Å². The molecule has 198 valence electrons. The smallest absolute Gasteiger partial charge is 0.319 e. The van der Waals surface area contributed by atoms with Gasteiger partial charge in [-0.2, -0.15) is 0 Å². The molecule has 0 unspecified atom stereocenters. The molecule has 8 nitrogen and oxygen atoms in total. The first-order chi connectivity index (χ1) is 17.9. The Balaban J connectivity index is 1.81. The van der Waals surface area contributed by atoms with Crippen LogP contribution in [-0.4, -0.2) is 79.2 Å². The number of carbonyl (C=O) groups excluding carboxylic acids is 2. The third-order valence-electron chi connectivity index (χ3n) is 6.09. The molecule has 3 aromatic rings. The average Bonchev–Trinajstić information content (AvgIpc) is 3.34. The van der Waals surface area contributed by atoms with Crippen LogP contribution >= 0.6 is 0 Å². The predicted molar refractivity (Wildman–Crippen MR) is 144 cm³/mol. The number of amides is 3. The third kappa shape index (κ3) is 8.39. The van der Waals surface area contributed by atoms with Gasteiger partial charge in [0.25, 0.3) is 0 Å². The number of rotatable bonds is 13. The Hall–Kier alpha value is -3.78. The van der Waals surface area contributed by atoms with Crippen LogP contribution in [0.5, 0.6) is 5.75 Å². The number of carbonyl (C=O) groups is 2. The van der Waals surface area contributed by atoms with Crippen LogP contribution in [-0.2, 0) is 29.2 Å². The molecule has 0 aliphatic carbocycles. The molecule has 2 aromatic carbocycles. The van der Waals surface area contributed by atoms with Gasteiger partial charge in [-0.05, 0) is 41.8 Å². The van der Waals surface area contributed by atoms with Gasteiger partial charge in [-0.25, -0.2) is 4.79 Å². The summed E-state index contributed by atoms with van der Waals surface area (Å²) in [7, 11) is 6.69. The molecule has 1 heterocycles. The first kappa shape index (κ1) is 27.8. The summed E-state index contributed by atoms with van der Waals surface area (Å²) in [5.74, 6) is 0.705. The first-order valence-corrected chi connectivity index (χ1v) is 12.4. The van der Waals surface area contributed by atoms with E-state index < -0.39 is 0 Å². The third-order valence-corrected chi connectivity index (χ3v) is 6.09. The van der Waals surface area contributed by atoms with Crippen molar-refractivity contribution in [1.82, 2.24) is 19.3 Å². The number of hydrogen-bond donors (Lipinski definition) is 0. The Morgan fingerprint density at radius 3 is 2.32 bits per heavy atom. The van der Waals surface area contributed by atoms with E-state index in [9.17, 15) is 9.59 Å². The molecule has 1 aromatic heterocycles. The highest BCUT2D eigenvalue weighted by Crippen LogP contribution is 2.17. The van der Waals surface area contributed by atoms with Crippen LogP contribution in [0.25, 0.3) is 0 Å². The number of methoxy groups -OCH3 is 2. The molecule has 0 N–H and O–H groups in total. The lowest BCUT2D eigenvalue weighted by atomic mass is 10.2. The van der Waals surface area contributed by atoms with Gasteiger partial charge in [-0.3, -0.25) is 4.79 Å². The maximum atomic E-state index is 13.7. The number of aromatic nitrogens is 1. The number of ether oxygens (including phenoxy) is 2. The zero-order chi connectivity index (χ0) is 26.6. The lowest BCUT2D eigenvalue weighted by molar-refractivity contribution is -0.133. The van der Waals surface area contributed by atoms with Crippen molar-refractivity contribution in [1.29, 1.82) is 0 Å². The predicted octanol–water partition coefficient (Wildman–Crippen LogP) is 4.09. The van der Waals surface area contributed by atoms with Crippen LogP contribution in [0.15, 0.2) is 72.9 Å². The fourth-order valence-electron chi connectivity index (χ4n) is 4.13. The molecular weight excluding hydrogens is 468 g/mol. The normalized spacial score (nSPS) is 10.7. The van der Waals surface area contributed by atoms with E-state index >= 15 is 0 Å². The Morgan fingerprint density at radius 1 is 0.865 bits per heavy atom. The van der Waals surface area contributed by atoms with Gasteiger partial charge >= 0.3 is 6.03 Å². The van der Waals surface area contributed by atoms with Crippen molar-refractivity contribution in [2.24, 2.45) is 0 Å². The average molecular weight is 507 g/mol. The minimum Gasteiger partial charge on any atom is -0.497 e. The highest BCUT2D eigenvalue weighted by Gasteiger charge is 2.23. The van der Waals surface area contributed by atoms with Gasteiger partial charge in [0.05, 0.1) is 13.7 Å². The van der Waals surface area contributed by atoms with Gasteiger partial charge in [0.15, 0.2) is 0 Å². The summed E-state index contributed by atoms with van der Waals surface area (Å²) in [5.41, 5.74) is 3.15. The van der Waals surface area contributed by atoms with Crippen molar-refractivity contribution < 1.29 is 19.1 Å². The standard InChI is InChI=1S/C29H38N4O4/c1-30(2)29(35)32(17-10-18-36-3)23-28(34)33(20-24-11-6-5-7-12-24)22-26-14-9-16-31(26)21-25-13-8-15-27(19-25)37-4/h5-9,11-16,19H,10,17-18,20-23H2,1-4H3. The minimum atomic E-state index is -0.189. The molecule has 3 rings (SSSR count). The van der Waals surface area contributed by atoms with E-state index in [1.165, 1.54) is 4.90 Å². The number of hydrogen-bond acceptors (Lipinski definition) is 4. The van der Waals surface area contributed by atoms with E-state index in [-0.39, 0.29) is 18.5 Å². The molecule has 0 bridgehead atoms. The Morgan fingerprint density at radius 2 is 1.62 bits per heavy atom. The van der Waals surface area contributed by atoms with Crippen molar-refractivity contribution >= 4 is 11.9 Å². The van der Waals surface area contributed by atoms with E-state index in [1.54, 1.807) is 33.2 Å². The second-order valence-electron chi connectivity index (χ2n) is 9.16. The highest BCUT2D eigenvalue weighted by atomic mass is 16.5. The molecule has 0 atom stereocenters. The molecule has 37 heavy (non-hydrogen) atoms. The molecule has 3 amide bonds. The van der Waals surface area contributed by atoms with E-state index in [1.807, 2.05) is 71.8 Å². The molecule has 0 aliphatic heterocycles. The monoisotopic (exact) mass is 506 g/mol. The lowest BCUT2D eigenvalue weighted by Crippen LogP contribution is -2.46. The van der Waals surface area contributed by atoms with Crippen molar-refractivity contribution in [2.45, 2.75) is 26.1 Å². The van der Waals surface area contributed by atoms with Crippen LogP contribution in [0.2, 0.25) is 0 Å². The van der Waals surface area contributed by atoms with E-state index in [4.69, 9.17) is 9.47 Å². The second-order valence-corrected chi connectivity index (χ2v) is 9.16. The summed E-state index contributed by atoms with van der Waals surface area (Å²) in [4.78, 5) is 31.4. The van der Waals surface area contributed by atoms with Crippen LogP contribution in [0, 0.1) is 0 Å². The Bertz CT molecular complexity index is 1130. The summed E-state index contributed by atoms with van der Waals surface area (Å²) in [6, 6.07) is 21.7. The van der Waals surface area contributed by atoms with Gasteiger partial charge in [0.2, 0.25) is 5.91 Å². The Kier molecular flexibility index (Phi) is 10.6. The fraction of sp³-hybridized carbons (Fsp3) is 0.379. The summed E-state index contributed by atoms with van der Waals surface area (Å²) < 4.78 is 12.7. The van der Waals surface area contributed by atoms with Gasteiger partial charge in [0, 0.05) is 59.3 Å². The number of benzene rings is 2. The van der Waals surface area contributed by atoms with Crippen molar-refractivity contribution in [3.8, 4) is 5.75 Å². The molecular formula is C29H38N4O4. The summed E-state index contributed by atoms with van der Waals surface area (Å²) >= 11 is 0. The van der Waals surface area contributed by atoms with Gasteiger partial charge < -0.3 is 28.7 Å². The molecule has 8 heteroatoms.